The van der Waals surface area contributed by atoms with E-state index in [1.165, 1.54) is 0 Å². The second kappa shape index (κ2) is 4.61. The zero-order valence-corrected chi connectivity index (χ0v) is 8.82. The largest absolute Gasteiger partial charge is 0.342 e. The fourth-order valence-corrected chi connectivity index (χ4v) is 2.16. The molecule has 5 nitrogen and oxygen atoms in total. The highest BCUT2D eigenvalue weighted by Crippen LogP contribution is 2.10. The van der Waals surface area contributed by atoms with Crippen LogP contribution in [0.3, 0.4) is 0 Å². The van der Waals surface area contributed by atoms with Crippen LogP contribution in [-0.4, -0.2) is 60.9 Å². The number of carbonyl (C=O) groups is 2. The highest BCUT2D eigenvalue weighted by atomic mass is 16.2. The molecule has 0 spiro atoms. The standard InChI is InChI=1S/C10H17N3O2/c14-8-12-4-6-13(7-5-12)10(15)9-2-1-3-11-9/h8-9,11H,1-7H2/t9-/m0/s1. The number of rotatable bonds is 2. The van der Waals surface area contributed by atoms with Crippen LogP contribution in [0.15, 0.2) is 0 Å². The highest BCUT2D eigenvalue weighted by Gasteiger charge is 2.28. The zero-order valence-electron chi connectivity index (χ0n) is 8.82. The predicted octanol–water partition coefficient (Wildman–Crippen LogP) is -0.961. The number of nitrogens with zero attached hydrogens (tertiary/aromatic N) is 2. The first kappa shape index (κ1) is 10.4. The Bertz CT molecular complexity index is 243. The maximum atomic E-state index is 12.0. The van der Waals surface area contributed by atoms with Gasteiger partial charge in [0.05, 0.1) is 6.04 Å². The molecule has 1 atom stereocenters. The summed E-state index contributed by atoms with van der Waals surface area (Å²) in [5.74, 6) is 0.207. The normalized spacial score (nSPS) is 26.8. The van der Waals surface area contributed by atoms with E-state index >= 15 is 0 Å². The van der Waals surface area contributed by atoms with E-state index < -0.39 is 0 Å². The lowest BCUT2D eigenvalue weighted by Gasteiger charge is -2.34. The van der Waals surface area contributed by atoms with Crippen LogP contribution >= 0.6 is 0 Å². The Labute approximate surface area is 89.4 Å². The van der Waals surface area contributed by atoms with Crippen molar-refractivity contribution < 1.29 is 9.59 Å². The summed E-state index contributed by atoms with van der Waals surface area (Å²) in [6.07, 6.45) is 2.90. The predicted molar refractivity (Wildman–Crippen MR) is 55.2 cm³/mol. The second-order valence-corrected chi connectivity index (χ2v) is 4.12. The van der Waals surface area contributed by atoms with Crippen LogP contribution in [0, 0.1) is 0 Å². The van der Waals surface area contributed by atoms with Crippen LogP contribution in [0.4, 0.5) is 0 Å². The number of piperazine rings is 1. The van der Waals surface area contributed by atoms with Crippen LogP contribution in [0.5, 0.6) is 0 Å². The minimum Gasteiger partial charge on any atom is -0.342 e. The van der Waals surface area contributed by atoms with Gasteiger partial charge in [0.2, 0.25) is 12.3 Å². The number of hydrogen-bond acceptors (Lipinski definition) is 3. The Morgan fingerprint density at radius 2 is 2.00 bits per heavy atom. The summed E-state index contributed by atoms with van der Waals surface area (Å²) < 4.78 is 0. The van der Waals surface area contributed by atoms with Gasteiger partial charge in [0.25, 0.3) is 0 Å². The van der Waals surface area contributed by atoms with Gasteiger partial charge in [0.15, 0.2) is 0 Å². The Balaban J connectivity index is 1.84. The zero-order chi connectivity index (χ0) is 10.7. The van der Waals surface area contributed by atoms with Gasteiger partial charge in [-0.1, -0.05) is 0 Å². The topological polar surface area (TPSA) is 52.7 Å². The lowest BCUT2D eigenvalue weighted by atomic mass is 10.2. The molecule has 5 heteroatoms. The average molecular weight is 211 g/mol. The van der Waals surface area contributed by atoms with Crippen molar-refractivity contribution in [2.24, 2.45) is 0 Å². The molecule has 0 aromatic heterocycles. The fourth-order valence-electron chi connectivity index (χ4n) is 2.16. The van der Waals surface area contributed by atoms with Crippen molar-refractivity contribution in [2.75, 3.05) is 32.7 Å². The quantitative estimate of drug-likeness (QED) is 0.598. The first-order valence-corrected chi connectivity index (χ1v) is 5.53. The Morgan fingerprint density at radius 1 is 1.27 bits per heavy atom. The van der Waals surface area contributed by atoms with Crippen molar-refractivity contribution in [3.05, 3.63) is 0 Å². The van der Waals surface area contributed by atoms with Gasteiger partial charge in [0.1, 0.15) is 0 Å². The summed E-state index contributed by atoms with van der Waals surface area (Å²) in [4.78, 5) is 26.0. The fraction of sp³-hybridized carbons (Fsp3) is 0.800. The van der Waals surface area contributed by atoms with Crippen LogP contribution < -0.4 is 5.32 Å². The van der Waals surface area contributed by atoms with Crippen LogP contribution in [0.2, 0.25) is 0 Å². The smallest absolute Gasteiger partial charge is 0.239 e. The highest BCUT2D eigenvalue weighted by molar-refractivity contribution is 5.82. The average Bonchev–Trinajstić information content (AvgIpc) is 2.82. The molecule has 2 amide bonds. The van der Waals surface area contributed by atoms with Crippen molar-refractivity contribution >= 4 is 12.3 Å². The molecular formula is C10H17N3O2. The number of hydrogen-bond donors (Lipinski definition) is 1. The summed E-state index contributed by atoms with van der Waals surface area (Å²) in [6.45, 7) is 3.64. The van der Waals surface area contributed by atoms with Gasteiger partial charge in [0, 0.05) is 26.2 Å². The van der Waals surface area contributed by atoms with Crippen molar-refractivity contribution in [3.63, 3.8) is 0 Å². The van der Waals surface area contributed by atoms with Crippen LogP contribution in [0.25, 0.3) is 0 Å². The van der Waals surface area contributed by atoms with Gasteiger partial charge in [-0.3, -0.25) is 9.59 Å². The van der Waals surface area contributed by atoms with Crippen molar-refractivity contribution in [1.82, 2.24) is 15.1 Å². The van der Waals surface area contributed by atoms with E-state index in [1.54, 1.807) is 4.90 Å². The lowest BCUT2D eigenvalue weighted by Crippen LogP contribution is -2.52. The Morgan fingerprint density at radius 3 is 2.53 bits per heavy atom. The third-order valence-electron chi connectivity index (χ3n) is 3.13. The van der Waals surface area contributed by atoms with Crippen molar-refractivity contribution in [1.29, 1.82) is 0 Å². The molecule has 0 bridgehead atoms. The Hall–Kier alpha value is -1.10. The van der Waals surface area contributed by atoms with Crippen molar-refractivity contribution in [2.45, 2.75) is 18.9 Å². The molecule has 2 aliphatic rings. The van der Waals surface area contributed by atoms with E-state index in [-0.39, 0.29) is 11.9 Å². The molecule has 15 heavy (non-hydrogen) atoms. The molecule has 1 N–H and O–H groups in total. The van der Waals surface area contributed by atoms with Gasteiger partial charge in [-0.25, -0.2) is 0 Å². The molecule has 2 saturated heterocycles. The summed E-state index contributed by atoms with van der Waals surface area (Å²) >= 11 is 0. The van der Waals surface area contributed by atoms with E-state index in [1.807, 2.05) is 4.90 Å². The van der Waals surface area contributed by atoms with E-state index in [0.717, 1.165) is 25.8 Å². The molecule has 0 aromatic rings. The van der Waals surface area contributed by atoms with Gasteiger partial charge in [-0.2, -0.15) is 0 Å². The van der Waals surface area contributed by atoms with Gasteiger partial charge in [-0.15, -0.1) is 0 Å². The Kier molecular flexibility index (Phi) is 3.20. The van der Waals surface area contributed by atoms with E-state index in [9.17, 15) is 9.59 Å². The van der Waals surface area contributed by atoms with Gasteiger partial charge in [-0.05, 0) is 19.4 Å². The number of nitrogens with one attached hydrogen (secondary N) is 1. The first-order valence-electron chi connectivity index (χ1n) is 5.53. The van der Waals surface area contributed by atoms with Crippen LogP contribution in [0.1, 0.15) is 12.8 Å². The monoisotopic (exact) mass is 211 g/mol. The van der Waals surface area contributed by atoms with E-state index in [2.05, 4.69) is 5.32 Å². The molecule has 84 valence electrons. The third kappa shape index (κ3) is 2.28. The molecule has 0 unspecified atom stereocenters. The number of amides is 2. The third-order valence-corrected chi connectivity index (χ3v) is 3.13. The molecule has 2 heterocycles. The minimum absolute atomic E-state index is 0.0211. The molecule has 2 aliphatic heterocycles. The molecule has 0 aromatic carbocycles. The van der Waals surface area contributed by atoms with Crippen molar-refractivity contribution in [3.8, 4) is 0 Å². The molecule has 0 radical (unpaired) electrons. The molecular weight excluding hydrogens is 194 g/mol. The first-order chi connectivity index (χ1) is 7.31. The maximum absolute atomic E-state index is 12.0. The summed E-state index contributed by atoms with van der Waals surface area (Å²) in [5, 5.41) is 3.20. The van der Waals surface area contributed by atoms with E-state index in [4.69, 9.17) is 0 Å². The van der Waals surface area contributed by atoms with Gasteiger partial charge < -0.3 is 15.1 Å². The minimum atomic E-state index is 0.0211. The van der Waals surface area contributed by atoms with Crippen LogP contribution in [-0.2, 0) is 9.59 Å². The maximum Gasteiger partial charge on any atom is 0.239 e. The molecule has 0 aliphatic carbocycles. The summed E-state index contributed by atoms with van der Waals surface area (Å²) in [6, 6.07) is 0.0211. The summed E-state index contributed by atoms with van der Waals surface area (Å²) in [7, 11) is 0. The molecule has 2 fully saturated rings. The molecule has 0 saturated carbocycles. The lowest BCUT2D eigenvalue weighted by molar-refractivity contribution is -0.136. The second-order valence-electron chi connectivity index (χ2n) is 4.12. The van der Waals surface area contributed by atoms with E-state index in [0.29, 0.717) is 26.2 Å². The number of carbonyl (C=O) groups excluding carboxylic acids is 2. The summed E-state index contributed by atoms with van der Waals surface area (Å²) in [5.41, 5.74) is 0. The molecule has 2 rings (SSSR count). The van der Waals surface area contributed by atoms with Gasteiger partial charge >= 0.3 is 0 Å². The SMILES string of the molecule is O=CN1CCN(C(=O)[C@@H]2CCCN2)CC1.